The average Bonchev–Trinajstić information content (AvgIpc) is 3.09. The molecule has 4 N–H and O–H groups in total. The number of benzene rings is 3. The molecular weight excluding hydrogens is 614 g/mol. The summed E-state index contributed by atoms with van der Waals surface area (Å²) in [6, 6.07) is 17.9. The fourth-order valence-electron chi connectivity index (χ4n) is 6.52. The Kier molecular flexibility index (Phi) is 14.3. The number of ether oxygens (including phenoxy) is 2. The summed E-state index contributed by atoms with van der Waals surface area (Å²) in [5.74, 6) is -8.30. The molecule has 2 aliphatic heterocycles. The Hall–Kier alpha value is -3.58. The van der Waals surface area contributed by atoms with Gasteiger partial charge in [-0.15, -0.1) is 0 Å². The number of para-hydroxylation sites is 2. The third-order valence-electron chi connectivity index (χ3n) is 9.74. The van der Waals surface area contributed by atoms with Crippen LogP contribution in [0.25, 0.3) is 0 Å². The van der Waals surface area contributed by atoms with Crippen molar-refractivity contribution in [1.29, 1.82) is 0 Å². The first kappa shape index (κ1) is 38.9. The average molecular weight is 668 g/mol. The number of non-ortho nitro benzene ring substituents is 1. The Morgan fingerprint density at radius 3 is 1.35 bits per heavy atom. The quantitative estimate of drug-likeness (QED) is 0.142. The normalized spacial score (nSPS) is 23.2. The maximum atomic E-state index is 13.7. The van der Waals surface area contributed by atoms with Gasteiger partial charge in [-0.3, -0.25) is 10.1 Å². The Labute approximate surface area is 284 Å². The minimum atomic E-state index is -2.66. The van der Waals surface area contributed by atoms with Crippen molar-refractivity contribution >= 4 is 5.69 Å². The topological polar surface area (TPSA) is 157 Å². The zero-order valence-electron chi connectivity index (χ0n) is 29.1. The van der Waals surface area contributed by atoms with E-state index in [4.69, 9.17) is 9.47 Å². The molecule has 2 aliphatic rings. The van der Waals surface area contributed by atoms with Crippen LogP contribution in [-0.4, -0.2) is 67.6 Å². The molecule has 2 heterocycles. The molecule has 264 valence electrons. The zero-order chi connectivity index (χ0) is 35.5. The minimum Gasteiger partial charge on any atom is -0.825 e. The van der Waals surface area contributed by atoms with Crippen molar-refractivity contribution in [3.8, 4) is 11.5 Å². The van der Waals surface area contributed by atoms with E-state index >= 15 is 0 Å². The molecule has 0 aromatic heterocycles. The van der Waals surface area contributed by atoms with Crippen molar-refractivity contribution in [2.75, 3.05) is 52.5 Å². The SMILES string of the molecule is CC[NH+](CC)CC.CC[NH+](CC)CC.O=[N+]([O-])c1ccc(C(C2COc3ccccc3C2([O-])O)C2COc3ccccc3C2([O-])O)cc1. The molecule has 5 rings (SSSR count). The number of rotatable bonds is 10. The lowest BCUT2D eigenvalue weighted by molar-refractivity contribution is -0.894. The summed E-state index contributed by atoms with van der Waals surface area (Å²) in [5.41, 5.74) is 0.234. The fraction of sp³-hybridized carbons (Fsp3) is 0.514. The van der Waals surface area contributed by atoms with Crippen molar-refractivity contribution in [3.05, 3.63) is 99.6 Å². The molecular formula is C37H53N3O8. The Balaban J connectivity index is 0.000000376. The second-order valence-electron chi connectivity index (χ2n) is 12.2. The number of nitro benzene ring substituents is 1. The maximum Gasteiger partial charge on any atom is 0.269 e. The molecule has 4 atom stereocenters. The van der Waals surface area contributed by atoms with Gasteiger partial charge >= 0.3 is 0 Å². The number of nitrogens with one attached hydrogen (secondary N) is 2. The van der Waals surface area contributed by atoms with Crippen LogP contribution in [0.4, 0.5) is 5.69 Å². The van der Waals surface area contributed by atoms with Crippen LogP contribution in [0, 0.1) is 22.0 Å². The van der Waals surface area contributed by atoms with Gasteiger partial charge in [-0.2, -0.15) is 0 Å². The monoisotopic (exact) mass is 667 g/mol. The second kappa shape index (κ2) is 17.7. The van der Waals surface area contributed by atoms with E-state index in [1.54, 1.807) is 46.2 Å². The molecule has 0 aliphatic carbocycles. The van der Waals surface area contributed by atoms with Gasteiger partial charge in [0, 0.05) is 46.7 Å². The molecule has 0 bridgehead atoms. The number of nitro groups is 1. The lowest BCUT2D eigenvalue weighted by Gasteiger charge is -2.56. The Morgan fingerprint density at radius 2 is 1.04 bits per heavy atom. The predicted molar refractivity (Wildman–Crippen MR) is 180 cm³/mol. The van der Waals surface area contributed by atoms with Gasteiger partial charge < -0.3 is 39.7 Å². The minimum absolute atomic E-state index is 0.0183. The van der Waals surface area contributed by atoms with E-state index in [-0.39, 0.29) is 41.5 Å². The molecule has 48 heavy (non-hydrogen) atoms. The highest BCUT2D eigenvalue weighted by Crippen LogP contribution is 2.51. The molecule has 3 aromatic carbocycles. The number of hydrogen-bond donors (Lipinski definition) is 4. The van der Waals surface area contributed by atoms with E-state index in [9.17, 15) is 30.5 Å². The van der Waals surface area contributed by atoms with Crippen molar-refractivity contribution in [2.24, 2.45) is 11.8 Å². The van der Waals surface area contributed by atoms with E-state index in [2.05, 4.69) is 41.5 Å². The number of aliphatic hydroxyl groups is 2. The first-order chi connectivity index (χ1) is 22.9. The van der Waals surface area contributed by atoms with Crippen molar-refractivity contribution < 1.29 is 44.6 Å². The third kappa shape index (κ3) is 8.90. The van der Waals surface area contributed by atoms with Gasteiger partial charge in [0.1, 0.15) is 11.5 Å². The Morgan fingerprint density at radius 1 is 0.688 bits per heavy atom. The van der Waals surface area contributed by atoms with E-state index < -0.39 is 34.3 Å². The summed E-state index contributed by atoms with van der Waals surface area (Å²) in [7, 11) is 0. The van der Waals surface area contributed by atoms with Crippen LogP contribution in [-0.2, 0) is 11.6 Å². The van der Waals surface area contributed by atoms with Gasteiger partial charge in [0.15, 0.2) is 0 Å². The zero-order valence-corrected chi connectivity index (χ0v) is 29.1. The van der Waals surface area contributed by atoms with E-state index in [0.717, 1.165) is 0 Å². The van der Waals surface area contributed by atoms with Gasteiger partial charge in [0.25, 0.3) is 5.69 Å². The smallest absolute Gasteiger partial charge is 0.269 e. The van der Waals surface area contributed by atoms with Gasteiger partial charge in [0.05, 0.1) is 57.4 Å². The Bertz CT molecular complexity index is 1330. The maximum absolute atomic E-state index is 13.7. The van der Waals surface area contributed by atoms with Crippen LogP contribution < -0.4 is 29.5 Å². The van der Waals surface area contributed by atoms with Gasteiger partial charge in [-0.25, -0.2) is 0 Å². The molecule has 0 spiro atoms. The second-order valence-corrected chi connectivity index (χ2v) is 12.2. The first-order valence-corrected chi connectivity index (χ1v) is 17.1. The van der Waals surface area contributed by atoms with Crippen LogP contribution in [0.3, 0.4) is 0 Å². The lowest BCUT2D eigenvalue weighted by atomic mass is 9.67. The fourth-order valence-corrected chi connectivity index (χ4v) is 6.52. The summed E-state index contributed by atoms with van der Waals surface area (Å²) in [5, 5.41) is 60.9. The number of nitrogens with zero attached hydrogens (tertiary/aromatic N) is 1. The number of hydrogen-bond acceptors (Lipinski definition) is 8. The molecule has 0 fully saturated rings. The summed E-state index contributed by atoms with van der Waals surface area (Å²) < 4.78 is 11.5. The summed E-state index contributed by atoms with van der Waals surface area (Å²) >= 11 is 0. The van der Waals surface area contributed by atoms with Gasteiger partial charge in [-0.1, -0.05) is 48.5 Å². The van der Waals surface area contributed by atoms with Crippen molar-refractivity contribution in [3.63, 3.8) is 0 Å². The molecule has 0 radical (unpaired) electrons. The molecule has 0 amide bonds. The standard InChI is InChI=1S/C25H21NO8.2C6H15N/c27-24(28)17-5-1-3-7-21(17)33-13-19(24)23(15-9-11-16(12-10-15)26(31)32)20-14-34-22-8-4-2-6-18(22)25(20,29)30;2*1-4-7(5-2)6-3/h1-12,19-20,23,27,29H,13-14H2;2*4-6H2,1-3H3/q-2;;/p+2. The molecule has 11 nitrogen and oxygen atoms in total. The van der Waals surface area contributed by atoms with Crippen LogP contribution in [0.5, 0.6) is 11.5 Å². The molecule has 4 unspecified atom stereocenters. The van der Waals surface area contributed by atoms with Crippen LogP contribution in [0.2, 0.25) is 0 Å². The number of fused-ring (bicyclic) bond motifs is 2. The molecule has 3 aromatic rings. The van der Waals surface area contributed by atoms with E-state index in [1.165, 1.54) is 75.7 Å². The molecule has 0 saturated heterocycles. The predicted octanol–water partition coefficient (Wildman–Crippen LogP) is 0.969. The molecule has 0 saturated carbocycles. The van der Waals surface area contributed by atoms with E-state index in [0.29, 0.717) is 5.56 Å². The van der Waals surface area contributed by atoms with Crippen molar-refractivity contribution in [2.45, 2.75) is 59.0 Å². The van der Waals surface area contributed by atoms with Crippen LogP contribution in [0.1, 0.15) is 64.2 Å². The third-order valence-corrected chi connectivity index (χ3v) is 9.74. The van der Waals surface area contributed by atoms with Crippen LogP contribution in [0.15, 0.2) is 72.8 Å². The highest BCUT2D eigenvalue weighted by Gasteiger charge is 2.48. The highest BCUT2D eigenvalue weighted by molar-refractivity contribution is 5.43. The van der Waals surface area contributed by atoms with E-state index in [1.807, 2.05) is 0 Å². The van der Waals surface area contributed by atoms with Gasteiger partial charge in [-0.05, 0) is 65.2 Å². The highest BCUT2D eigenvalue weighted by atomic mass is 16.6. The van der Waals surface area contributed by atoms with Gasteiger partial charge in [0.2, 0.25) is 0 Å². The lowest BCUT2D eigenvalue weighted by Crippen LogP contribution is -3.11. The summed E-state index contributed by atoms with van der Waals surface area (Å²) in [6.07, 6.45) is 0. The van der Waals surface area contributed by atoms with Crippen LogP contribution >= 0.6 is 0 Å². The van der Waals surface area contributed by atoms with Crippen molar-refractivity contribution in [1.82, 2.24) is 0 Å². The summed E-state index contributed by atoms with van der Waals surface area (Å²) in [4.78, 5) is 13.9. The molecule has 11 heteroatoms. The first-order valence-electron chi connectivity index (χ1n) is 17.1. The largest absolute Gasteiger partial charge is 0.825 e. The number of quaternary nitrogens is 2. The summed E-state index contributed by atoms with van der Waals surface area (Å²) in [6.45, 7) is 20.5.